The Kier molecular flexibility index (Phi) is 5.40. The van der Waals surface area contributed by atoms with Crippen molar-refractivity contribution in [2.24, 2.45) is 5.41 Å². The lowest BCUT2D eigenvalue weighted by molar-refractivity contribution is -0.0203. The molecule has 1 unspecified atom stereocenters. The molecule has 0 spiro atoms. The first-order chi connectivity index (χ1) is 7.99. The van der Waals surface area contributed by atoms with Crippen LogP contribution in [0.1, 0.15) is 51.9 Å². The van der Waals surface area contributed by atoms with Crippen molar-refractivity contribution in [3.8, 4) is 0 Å². The number of nitrogens with zero attached hydrogens (tertiary/aromatic N) is 2. The monoisotopic (exact) mass is 260 g/mol. The van der Waals surface area contributed by atoms with Gasteiger partial charge in [-0.3, -0.25) is 0 Å². The summed E-state index contributed by atoms with van der Waals surface area (Å²) in [5, 5.41) is 4.00. The lowest BCUT2D eigenvalue weighted by atomic mass is 9.88. The van der Waals surface area contributed by atoms with Gasteiger partial charge in [-0.1, -0.05) is 25.9 Å². The molecular formula is C12H21ClN2O2. The smallest absolute Gasteiger partial charge is 0.226 e. The van der Waals surface area contributed by atoms with Crippen LogP contribution in [0.15, 0.2) is 4.52 Å². The molecule has 1 rings (SSSR count). The van der Waals surface area contributed by atoms with Gasteiger partial charge < -0.3 is 9.26 Å². The van der Waals surface area contributed by atoms with Gasteiger partial charge in [0.1, 0.15) is 6.10 Å². The zero-order valence-corrected chi connectivity index (χ0v) is 11.8. The van der Waals surface area contributed by atoms with Crippen LogP contribution in [0.5, 0.6) is 0 Å². The number of aromatic nitrogens is 2. The largest absolute Gasteiger partial charge is 0.370 e. The van der Waals surface area contributed by atoms with E-state index in [2.05, 4.69) is 30.9 Å². The third kappa shape index (κ3) is 4.28. The summed E-state index contributed by atoms with van der Waals surface area (Å²) < 4.78 is 10.9. The lowest BCUT2D eigenvalue weighted by Gasteiger charge is -2.27. The predicted octanol–water partition coefficient (Wildman–Crippen LogP) is 3.36. The summed E-state index contributed by atoms with van der Waals surface area (Å²) in [4.78, 5) is 4.37. The maximum Gasteiger partial charge on any atom is 0.226 e. The van der Waals surface area contributed by atoms with Gasteiger partial charge in [-0.05, 0) is 18.8 Å². The van der Waals surface area contributed by atoms with E-state index in [1.807, 2.05) is 6.92 Å². The Balaban J connectivity index is 2.77. The van der Waals surface area contributed by atoms with Crippen LogP contribution in [-0.4, -0.2) is 22.6 Å². The molecular weight excluding hydrogens is 240 g/mol. The standard InChI is InChI=1S/C12H21ClN2O2/c1-5-16-10(12(2,3)4)11-14-9(17-15-11)7-6-8-13/h10H,5-8H2,1-4H3. The third-order valence-corrected chi connectivity index (χ3v) is 2.63. The zero-order valence-electron chi connectivity index (χ0n) is 11.0. The average Bonchev–Trinajstić information content (AvgIpc) is 2.69. The third-order valence-electron chi connectivity index (χ3n) is 2.36. The molecule has 4 nitrogen and oxygen atoms in total. The summed E-state index contributed by atoms with van der Waals surface area (Å²) >= 11 is 5.63. The van der Waals surface area contributed by atoms with Crippen LogP contribution in [0, 0.1) is 5.41 Å². The fourth-order valence-corrected chi connectivity index (χ4v) is 1.71. The fraction of sp³-hybridized carbons (Fsp3) is 0.833. The van der Waals surface area contributed by atoms with Gasteiger partial charge in [0.2, 0.25) is 11.7 Å². The van der Waals surface area contributed by atoms with Crippen LogP contribution in [-0.2, 0) is 11.2 Å². The summed E-state index contributed by atoms with van der Waals surface area (Å²) in [5.41, 5.74) is -0.0519. The molecule has 0 aliphatic carbocycles. The Morgan fingerprint density at radius 2 is 2.12 bits per heavy atom. The second-order valence-corrected chi connectivity index (χ2v) is 5.42. The topological polar surface area (TPSA) is 48.2 Å². The summed E-state index contributed by atoms with van der Waals surface area (Å²) in [5.74, 6) is 1.87. The first-order valence-corrected chi connectivity index (χ1v) is 6.52. The van der Waals surface area contributed by atoms with Crippen molar-refractivity contribution in [2.45, 2.75) is 46.6 Å². The second kappa shape index (κ2) is 6.36. The molecule has 0 saturated heterocycles. The average molecular weight is 261 g/mol. The Morgan fingerprint density at radius 3 is 2.65 bits per heavy atom. The Labute approximate surface area is 108 Å². The van der Waals surface area contributed by atoms with Gasteiger partial charge in [-0.15, -0.1) is 11.6 Å². The molecule has 0 aliphatic rings. The molecule has 1 aromatic heterocycles. The first-order valence-electron chi connectivity index (χ1n) is 5.99. The van der Waals surface area contributed by atoms with Gasteiger partial charge >= 0.3 is 0 Å². The van der Waals surface area contributed by atoms with Crippen LogP contribution >= 0.6 is 11.6 Å². The maximum atomic E-state index is 5.70. The highest BCUT2D eigenvalue weighted by molar-refractivity contribution is 6.17. The van der Waals surface area contributed by atoms with Crippen molar-refractivity contribution in [2.75, 3.05) is 12.5 Å². The molecule has 1 heterocycles. The van der Waals surface area contributed by atoms with Crippen molar-refractivity contribution >= 4 is 11.6 Å². The lowest BCUT2D eigenvalue weighted by Crippen LogP contribution is -2.22. The molecule has 0 fully saturated rings. The van der Waals surface area contributed by atoms with E-state index < -0.39 is 0 Å². The minimum atomic E-state index is -0.138. The Hall–Kier alpha value is -0.610. The molecule has 5 heteroatoms. The van der Waals surface area contributed by atoms with Gasteiger partial charge in [0.05, 0.1) is 0 Å². The molecule has 0 bridgehead atoms. The highest BCUT2D eigenvalue weighted by Crippen LogP contribution is 2.34. The van der Waals surface area contributed by atoms with Gasteiger partial charge in [-0.25, -0.2) is 0 Å². The molecule has 0 radical (unpaired) electrons. The van der Waals surface area contributed by atoms with Crippen molar-refractivity contribution in [3.63, 3.8) is 0 Å². The zero-order chi connectivity index (χ0) is 12.9. The van der Waals surface area contributed by atoms with E-state index in [0.717, 1.165) is 12.8 Å². The quantitative estimate of drug-likeness (QED) is 0.736. The van der Waals surface area contributed by atoms with Crippen molar-refractivity contribution in [1.29, 1.82) is 0 Å². The number of aryl methyl sites for hydroxylation is 1. The van der Waals surface area contributed by atoms with Gasteiger partial charge in [0.15, 0.2) is 0 Å². The van der Waals surface area contributed by atoms with E-state index in [-0.39, 0.29) is 11.5 Å². The highest BCUT2D eigenvalue weighted by Gasteiger charge is 2.31. The summed E-state index contributed by atoms with van der Waals surface area (Å²) in [6.45, 7) is 8.90. The first kappa shape index (κ1) is 14.5. The Bertz CT molecular complexity index is 333. The molecule has 0 amide bonds. The molecule has 17 heavy (non-hydrogen) atoms. The van der Waals surface area contributed by atoms with E-state index in [0.29, 0.717) is 24.2 Å². The van der Waals surface area contributed by atoms with Crippen molar-refractivity contribution in [3.05, 3.63) is 11.7 Å². The number of ether oxygens (including phenoxy) is 1. The molecule has 0 N–H and O–H groups in total. The Morgan fingerprint density at radius 1 is 1.41 bits per heavy atom. The fourth-order valence-electron chi connectivity index (χ4n) is 1.57. The summed E-state index contributed by atoms with van der Waals surface area (Å²) in [6.07, 6.45) is 1.43. The van der Waals surface area contributed by atoms with Gasteiger partial charge in [0, 0.05) is 18.9 Å². The van der Waals surface area contributed by atoms with E-state index in [1.165, 1.54) is 0 Å². The molecule has 1 aromatic rings. The number of halogens is 1. The van der Waals surface area contributed by atoms with E-state index in [9.17, 15) is 0 Å². The van der Waals surface area contributed by atoms with Gasteiger partial charge in [-0.2, -0.15) is 4.98 Å². The SMILES string of the molecule is CCOC(c1noc(CCCCl)n1)C(C)(C)C. The minimum absolute atomic E-state index is 0.0519. The highest BCUT2D eigenvalue weighted by atomic mass is 35.5. The van der Waals surface area contributed by atoms with Gasteiger partial charge in [0.25, 0.3) is 0 Å². The van der Waals surface area contributed by atoms with E-state index >= 15 is 0 Å². The van der Waals surface area contributed by atoms with E-state index in [1.54, 1.807) is 0 Å². The van der Waals surface area contributed by atoms with Crippen molar-refractivity contribution < 1.29 is 9.26 Å². The molecule has 0 aromatic carbocycles. The van der Waals surface area contributed by atoms with Crippen LogP contribution in [0.2, 0.25) is 0 Å². The minimum Gasteiger partial charge on any atom is -0.370 e. The number of hydrogen-bond donors (Lipinski definition) is 0. The molecule has 0 saturated carbocycles. The number of alkyl halides is 1. The molecule has 0 aliphatic heterocycles. The summed E-state index contributed by atoms with van der Waals surface area (Å²) in [6, 6.07) is 0. The molecule has 98 valence electrons. The van der Waals surface area contributed by atoms with Crippen molar-refractivity contribution in [1.82, 2.24) is 10.1 Å². The predicted molar refractivity (Wildman–Crippen MR) is 67.2 cm³/mol. The van der Waals surface area contributed by atoms with Crippen LogP contribution < -0.4 is 0 Å². The normalized spacial score (nSPS) is 13.9. The number of hydrogen-bond acceptors (Lipinski definition) is 4. The summed E-state index contributed by atoms with van der Waals surface area (Å²) in [7, 11) is 0. The second-order valence-electron chi connectivity index (χ2n) is 5.04. The van der Waals surface area contributed by atoms with E-state index in [4.69, 9.17) is 20.9 Å². The molecule has 1 atom stereocenters. The van der Waals surface area contributed by atoms with Crippen LogP contribution in [0.4, 0.5) is 0 Å². The van der Waals surface area contributed by atoms with Crippen LogP contribution in [0.3, 0.4) is 0 Å². The number of rotatable bonds is 6. The maximum absolute atomic E-state index is 5.70. The van der Waals surface area contributed by atoms with Crippen LogP contribution in [0.25, 0.3) is 0 Å².